The summed E-state index contributed by atoms with van der Waals surface area (Å²) in [6.07, 6.45) is 5.56. The quantitative estimate of drug-likeness (QED) is 0.713. The zero-order chi connectivity index (χ0) is 9.15. The predicted molar refractivity (Wildman–Crippen MR) is 51.9 cm³/mol. The molecule has 0 radical (unpaired) electrons. The van der Waals surface area contributed by atoms with Crippen LogP contribution in [0.4, 0.5) is 0 Å². The largest absolute Gasteiger partial charge is 0.381 e. The maximum Gasteiger partial charge on any atom is 0.0776 e. The Bertz CT molecular complexity index is 256. The van der Waals surface area contributed by atoms with Gasteiger partial charge in [0.05, 0.1) is 11.7 Å². The Hall–Kier alpha value is -0.550. The summed E-state index contributed by atoms with van der Waals surface area (Å²) in [6, 6.07) is 0. The minimum Gasteiger partial charge on any atom is -0.381 e. The van der Waals surface area contributed by atoms with Crippen LogP contribution in [0.3, 0.4) is 0 Å². The predicted octanol–water partition coefficient (Wildman–Crippen LogP) is 0.714. The summed E-state index contributed by atoms with van der Waals surface area (Å²) < 4.78 is 7.25. The molecule has 0 saturated carbocycles. The summed E-state index contributed by atoms with van der Waals surface area (Å²) in [6.45, 7) is 1.58. The van der Waals surface area contributed by atoms with Crippen LogP contribution in [0, 0.1) is 0 Å². The standard InChI is InChI=1S/C8H13N3OS/c13-7-8(1-5-12-6-2-8)11-4-3-9-10-11/h3-4,13H,1-2,5-7H2. The van der Waals surface area contributed by atoms with Crippen molar-refractivity contribution in [2.24, 2.45) is 0 Å². The van der Waals surface area contributed by atoms with E-state index in [-0.39, 0.29) is 5.54 Å². The van der Waals surface area contributed by atoms with E-state index >= 15 is 0 Å². The first-order valence-corrected chi connectivity index (χ1v) is 5.06. The van der Waals surface area contributed by atoms with E-state index in [9.17, 15) is 0 Å². The van der Waals surface area contributed by atoms with Crippen LogP contribution in [0.5, 0.6) is 0 Å². The molecule has 0 unspecified atom stereocenters. The van der Waals surface area contributed by atoms with Crippen molar-refractivity contribution in [1.82, 2.24) is 15.0 Å². The second-order valence-electron chi connectivity index (χ2n) is 3.34. The lowest BCUT2D eigenvalue weighted by Crippen LogP contribution is -2.41. The Labute approximate surface area is 82.7 Å². The van der Waals surface area contributed by atoms with E-state index in [2.05, 4.69) is 22.9 Å². The molecule has 4 nitrogen and oxygen atoms in total. The molecule has 1 aliphatic rings. The third kappa shape index (κ3) is 1.58. The van der Waals surface area contributed by atoms with Crippen molar-refractivity contribution in [2.75, 3.05) is 19.0 Å². The second-order valence-corrected chi connectivity index (χ2v) is 3.66. The highest BCUT2D eigenvalue weighted by Crippen LogP contribution is 2.29. The van der Waals surface area contributed by atoms with Gasteiger partial charge >= 0.3 is 0 Å². The Morgan fingerprint density at radius 2 is 2.23 bits per heavy atom. The molecule has 2 rings (SSSR count). The van der Waals surface area contributed by atoms with Gasteiger partial charge in [-0.2, -0.15) is 12.6 Å². The maximum atomic E-state index is 5.33. The molecule has 0 N–H and O–H groups in total. The number of thiol groups is 1. The van der Waals surface area contributed by atoms with Crippen molar-refractivity contribution in [3.05, 3.63) is 12.4 Å². The lowest BCUT2D eigenvalue weighted by molar-refractivity contribution is 0.0257. The molecule has 0 spiro atoms. The van der Waals surface area contributed by atoms with Gasteiger partial charge in [-0.1, -0.05) is 5.21 Å². The first kappa shape index (κ1) is 9.02. The highest BCUT2D eigenvalue weighted by molar-refractivity contribution is 7.80. The minimum absolute atomic E-state index is 0.0257. The Morgan fingerprint density at radius 1 is 1.46 bits per heavy atom. The molecule has 5 heteroatoms. The Morgan fingerprint density at radius 3 is 2.77 bits per heavy atom. The van der Waals surface area contributed by atoms with Crippen LogP contribution in [0.15, 0.2) is 12.4 Å². The molecule has 0 amide bonds. The van der Waals surface area contributed by atoms with Crippen LogP contribution in [0.25, 0.3) is 0 Å². The molecule has 0 bridgehead atoms. The third-order valence-electron chi connectivity index (χ3n) is 2.63. The average molecular weight is 199 g/mol. The summed E-state index contributed by atoms with van der Waals surface area (Å²) >= 11 is 4.39. The summed E-state index contributed by atoms with van der Waals surface area (Å²) in [5.74, 6) is 0.791. The van der Waals surface area contributed by atoms with E-state index in [1.54, 1.807) is 6.20 Å². The minimum atomic E-state index is 0.0257. The van der Waals surface area contributed by atoms with E-state index in [1.807, 2.05) is 10.9 Å². The highest BCUT2D eigenvalue weighted by atomic mass is 32.1. The lowest BCUT2D eigenvalue weighted by atomic mass is 9.92. The van der Waals surface area contributed by atoms with Crippen LogP contribution < -0.4 is 0 Å². The van der Waals surface area contributed by atoms with Crippen molar-refractivity contribution in [1.29, 1.82) is 0 Å². The van der Waals surface area contributed by atoms with Gasteiger partial charge in [0.15, 0.2) is 0 Å². The Balaban J connectivity index is 2.23. The normalized spacial score (nSPS) is 21.6. The summed E-state index contributed by atoms with van der Waals surface area (Å²) in [7, 11) is 0. The molecule has 1 saturated heterocycles. The molecule has 13 heavy (non-hydrogen) atoms. The van der Waals surface area contributed by atoms with Gasteiger partial charge in [0.25, 0.3) is 0 Å². The van der Waals surface area contributed by atoms with Gasteiger partial charge in [0.1, 0.15) is 0 Å². The fourth-order valence-electron chi connectivity index (χ4n) is 1.67. The zero-order valence-electron chi connectivity index (χ0n) is 7.39. The van der Waals surface area contributed by atoms with Gasteiger partial charge in [-0.3, -0.25) is 0 Å². The summed E-state index contributed by atoms with van der Waals surface area (Å²) in [5, 5.41) is 7.87. The van der Waals surface area contributed by atoms with Crippen molar-refractivity contribution in [3.63, 3.8) is 0 Å². The molecule has 0 atom stereocenters. The molecule has 1 aliphatic heterocycles. The monoisotopic (exact) mass is 199 g/mol. The van der Waals surface area contributed by atoms with E-state index < -0.39 is 0 Å². The van der Waals surface area contributed by atoms with E-state index in [1.165, 1.54) is 0 Å². The van der Waals surface area contributed by atoms with Gasteiger partial charge in [-0.05, 0) is 12.8 Å². The van der Waals surface area contributed by atoms with E-state index in [0.717, 1.165) is 31.8 Å². The van der Waals surface area contributed by atoms with Crippen LogP contribution in [0.1, 0.15) is 12.8 Å². The van der Waals surface area contributed by atoms with Gasteiger partial charge in [-0.15, -0.1) is 5.10 Å². The van der Waals surface area contributed by atoms with E-state index in [0.29, 0.717) is 0 Å². The van der Waals surface area contributed by atoms with Crippen LogP contribution in [-0.2, 0) is 10.3 Å². The van der Waals surface area contributed by atoms with Crippen LogP contribution in [0.2, 0.25) is 0 Å². The lowest BCUT2D eigenvalue weighted by Gasteiger charge is -2.35. The van der Waals surface area contributed by atoms with Gasteiger partial charge in [0.2, 0.25) is 0 Å². The topological polar surface area (TPSA) is 39.9 Å². The second kappa shape index (κ2) is 3.67. The number of nitrogens with zero attached hydrogens (tertiary/aromatic N) is 3. The van der Waals surface area contributed by atoms with E-state index in [4.69, 9.17) is 4.74 Å². The van der Waals surface area contributed by atoms with Gasteiger partial charge < -0.3 is 4.74 Å². The molecule has 0 aromatic carbocycles. The summed E-state index contributed by atoms with van der Waals surface area (Å²) in [5.41, 5.74) is 0.0257. The van der Waals surface area contributed by atoms with Crippen LogP contribution in [-0.4, -0.2) is 34.0 Å². The van der Waals surface area contributed by atoms with Gasteiger partial charge in [0, 0.05) is 25.2 Å². The van der Waals surface area contributed by atoms with Gasteiger partial charge in [-0.25, -0.2) is 4.68 Å². The van der Waals surface area contributed by atoms with Crippen molar-refractivity contribution in [2.45, 2.75) is 18.4 Å². The first-order valence-electron chi connectivity index (χ1n) is 4.43. The number of rotatable bonds is 2. The highest BCUT2D eigenvalue weighted by Gasteiger charge is 2.33. The Kier molecular flexibility index (Phi) is 2.55. The fraction of sp³-hybridized carbons (Fsp3) is 0.750. The SMILES string of the molecule is SCC1(n2ccnn2)CCOCC1. The molecule has 2 heterocycles. The maximum absolute atomic E-state index is 5.33. The molecule has 1 aromatic rings. The molecular weight excluding hydrogens is 186 g/mol. The number of aromatic nitrogens is 3. The molecule has 72 valence electrons. The van der Waals surface area contributed by atoms with Crippen molar-refractivity contribution < 1.29 is 4.74 Å². The molecule has 0 aliphatic carbocycles. The number of hydrogen-bond donors (Lipinski definition) is 1. The molecule has 1 fully saturated rings. The van der Waals surface area contributed by atoms with Crippen LogP contribution >= 0.6 is 12.6 Å². The van der Waals surface area contributed by atoms with Crippen molar-refractivity contribution in [3.8, 4) is 0 Å². The number of hydrogen-bond acceptors (Lipinski definition) is 4. The fourth-order valence-corrected chi connectivity index (χ4v) is 2.13. The molecule has 1 aromatic heterocycles. The number of ether oxygens (including phenoxy) is 1. The smallest absolute Gasteiger partial charge is 0.0776 e. The van der Waals surface area contributed by atoms with Crippen molar-refractivity contribution >= 4 is 12.6 Å². The third-order valence-corrected chi connectivity index (χ3v) is 3.21. The zero-order valence-corrected chi connectivity index (χ0v) is 8.28. The average Bonchev–Trinajstić information content (AvgIpc) is 2.72. The summed E-state index contributed by atoms with van der Waals surface area (Å²) in [4.78, 5) is 0. The first-order chi connectivity index (χ1) is 6.37. The molecular formula is C8H13N3OS.